The molecule has 2 aromatic carbocycles. The zero-order chi connectivity index (χ0) is 19.2. The normalized spacial score (nSPS) is 10.6. The number of halogens is 2. The highest BCUT2D eigenvalue weighted by Crippen LogP contribution is 2.29. The smallest absolute Gasteiger partial charge is 0.228 e. The summed E-state index contributed by atoms with van der Waals surface area (Å²) in [5, 5.41) is 10.4. The third-order valence-corrected chi connectivity index (χ3v) is 5.61. The van der Waals surface area contributed by atoms with Crippen LogP contribution in [0.4, 0.5) is 5.13 Å². The zero-order valence-electron chi connectivity index (χ0n) is 14.6. The second-order valence-electron chi connectivity index (χ2n) is 5.76. The lowest BCUT2D eigenvalue weighted by atomic mass is 10.2. The molecule has 3 rings (SSSR count). The molecule has 1 amide bonds. The second-order valence-corrected chi connectivity index (χ2v) is 8.06. The van der Waals surface area contributed by atoms with Crippen LogP contribution in [-0.4, -0.2) is 29.8 Å². The summed E-state index contributed by atoms with van der Waals surface area (Å²) < 4.78 is 6.61. The van der Waals surface area contributed by atoms with E-state index in [9.17, 15) is 4.79 Å². The fourth-order valence-corrected chi connectivity index (χ4v) is 3.50. The number of hydrogen-bond donors (Lipinski definition) is 0. The van der Waals surface area contributed by atoms with Crippen LogP contribution in [0.1, 0.15) is 12.8 Å². The summed E-state index contributed by atoms with van der Waals surface area (Å²) in [6.07, 6.45) is 0.988. The number of amides is 1. The van der Waals surface area contributed by atoms with Gasteiger partial charge in [-0.1, -0.05) is 51.0 Å². The highest BCUT2D eigenvalue weighted by Gasteiger charge is 2.16. The molecule has 0 saturated heterocycles. The van der Waals surface area contributed by atoms with Gasteiger partial charge in [-0.25, -0.2) is 0 Å². The highest BCUT2D eigenvalue weighted by atomic mass is 79.9. The average Bonchev–Trinajstić information content (AvgIpc) is 3.16. The maximum absolute atomic E-state index is 12.4. The minimum atomic E-state index is -0.0202. The molecule has 0 radical (unpaired) electrons. The number of carbonyl (C=O) groups is 1. The molecule has 0 fully saturated rings. The Hall–Kier alpha value is -1.96. The molecule has 0 saturated carbocycles. The van der Waals surface area contributed by atoms with Crippen LogP contribution < -0.4 is 9.64 Å². The molecular weight excluding hydrogens is 450 g/mol. The van der Waals surface area contributed by atoms with E-state index in [1.807, 2.05) is 24.3 Å². The Balaban J connectivity index is 1.50. The van der Waals surface area contributed by atoms with E-state index in [1.54, 1.807) is 36.2 Å². The van der Waals surface area contributed by atoms with Gasteiger partial charge in [-0.05, 0) is 42.8 Å². The number of rotatable bonds is 7. The monoisotopic (exact) mass is 465 g/mol. The number of aromatic nitrogens is 2. The van der Waals surface area contributed by atoms with Crippen molar-refractivity contribution in [3.8, 4) is 16.3 Å². The molecule has 1 heterocycles. The van der Waals surface area contributed by atoms with Gasteiger partial charge in [0.15, 0.2) is 0 Å². The number of nitrogens with zero attached hydrogens (tertiary/aromatic N) is 3. The Kier molecular flexibility index (Phi) is 6.82. The van der Waals surface area contributed by atoms with Gasteiger partial charge in [-0.3, -0.25) is 9.69 Å². The van der Waals surface area contributed by atoms with Crippen molar-refractivity contribution in [3.63, 3.8) is 0 Å². The number of ether oxygens (including phenoxy) is 1. The molecule has 0 aliphatic carbocycles. The molecule has 0 N–H and O–H groups in total. The van der Waals surface area contributed by atoms with Gasteiger partial charge in [-0.15, -0.1) is 10.2 Å². The highest BCUT2D eigenvalue weighted by molar-refractivity contribution is 9.10. The SMILES string of the molecule is CN(C(=O)CCCOc1ccc(Cl)cc1)c1nnc(-c2ccc(Br)cc2)s1. The Bertz CT molecular complexity index is 900. The lowest BCUT2D eigenvalue weighted by molar-refractivity contribution is -0.118. The van der Waals surface area contributed by atoms with Gasteiger partial charge in [0, 0.05) is 28.5 Å². The third-order valence-electron chi connectivity index (χ3n) is 3.78. The van der Waals surface area contributed by atoms with Gasteiger partial charge in [-0.2, -0.15) is 0 Å². The van der Waals surface area contributed by atoms with Gasteiger partial charge >= 0.3 is 0 Å². The van der Waals surface area contributed by atoms with E-state index in [0.29, 0.717) is 29.6 Å². The summed E-state index contributed by atoms with van der Waals surface area (Å²) in [6, 6.07) is 15.0. The van der Waals surface area contributed by atoms with Crippen molar-refractivity contribution in [1.82, 2.24) is 10.2 Å². The molecule has 8 heteroatoms. The van der Waals surface area contributed by atoms with E-state index < -0.39 is 0 Å². The summed E-state index contributed by atoms with van der Waals surface area (Å²) in [4.78, 5) is 13.9. The molecule has 27 heavy (non-hydrogen) atoms. The number of hydrogen-bond acceptors (Lipinski definition) is 5. The molecular formula is C19H17BrClN3O2S. The van der Waals surface area contributed by atoms with E-state index in [0.717, 1.165) is 20.8 Å². The molecule has 0 bridgehead atoms. The van der Waals surface area contributed by atoms with Crippen LogP contribution in [-0.2, 0) is 4.79 Å². The minimum Gasteiger partial charge on any atom is -0.494 e. The first-order chi connectivity index (χ1) is 13.0. The molecule has 0 spiro atoms. The first-order valence-corrected chi connectivity index (χ1v) is 10.3. The predicted molar refractivity (Wildman–Crippen MR) is 113 cm³/mol. The van der Waals surface area contributed by atoms with E-state index in [2.05, 4.69) is 26.1 Å². The molecule has 3 aromatic rings. The summed E-state index contributed by atoms with van der Waals surface area (Å²) >= 11 is 10.6. The standard InChI is InChI=1S/C19H17BrClN3O2S/c1-24(17(25)3-2-12-26-16-10-8-15(21)9-11-16)19-23-22-18(27-19)13-4-6-14(20)7-5-13/h4-11H,2-3,12H2,1H3. The Morgan fingerprint density at radius 1 is 1.15 bits per heavy atom. The predicted octanol–water partition coefficient (Wildman–Crippen LogP) is 5.44. The maximum atomic E-state index is 12.4. The molecule has 0 unspecified atom stereocenters. The van der Waals surface area contributed by atoms with Gasteiger partial charge in [0.1, 0.15) is 10.8 Å². The lowest BCUT2D eigenvalue weighted by Crippen LogP contribution is -2.26. The van der Waals surface area contributed by atoms with Crippen LogP contribution in [0.25, 0.3) is 10.6 Å². The molecule has 0 aliphatic rings. The molecule has 5 nitrogen and oxygen atoms in total. The quantitative estimate of drug-likeness (QED) is 0.435. The van der Waals surface area contributed by atoms with Crippen molar-refractivity contribution in [2.45, 2.75) is 12.8 Å². The fraction of sp³-hybridized carbons (Fsp3) is 0.211. The molecule has 140 valence electrons. The van der Waals surface area contributed by atoms with Crippen LogP contribution in [0.3, 0.4) is 0 Å². The van der Waals surface area contributed by atoms with Crippen molar-refractivity contribution < 1.29 is 9.53 Å². The van der Waals surface area contributed by atoms with Crippen LogP contribution >= 0.6 is 38.9 Å². The van der Waals surface area contributed by atoms with E-state index in [4.69, 9.17) is 16.3 Å². The van der Waals surface area contributed by atoms with Crippen LogP contribution in [0.15, 0.2) is 53.0 Å². The average molecular weight is 467 g/mol. The Morgan fingerprint density at radius 3 is 2.56 bits per heavy atom. The van der Waals surface area contributed by atoms with Crippen molar-refractivity contribution >= 4 is 49.9 Å². The van der Waals surface area contributed by atoms with Gasteiger partial charge in [0.2, 0.25) is 11.0 Å². The maximum Gasteiger partial charge on any atom is 0.228 e. The zero-order valence-corrected chi connectivity index (χ0v) is 17.7. The van der Waals surface area contributed by atoms with Gasteiger partial charge in [0.05, 0.1) is 6.61 Å². The van der Waals surface area contributed by atoms with Gasteiger partial charge < -0.3 is 4.74 Å². The van der Waals surface area contributed by atoms with Crippen LogP contribution in [0.5, 0.6) is 5.75 Å². The van der Waals surface area contributed by atoms with Crippen LogP contribution in [0.2, 0.25) is 5.02 Å². The molecule has 0 atom stereocenters. The summed E-state index contributed by atoms with van der Waals surface area (Å²) in [5.74, 6) is 0.719. The first kappa shape index (κ1) is 19.8. The Labute approximate surface area is 175 Å². The third kappa shape index (κ3) is 5.51. The summed E-state index contributed by atoms with van der Waals surface area (Å²) in [6.45, 7) is 0.460. The fourth-order valence-electron chi connectivity index (χ4n) is 2.28. The largest absolute Gasteiger partial charge is 0.494 e. The van der Waals surface area contributed by atoms with Crippen LogP contribution in [0, 0.1) is 0 Å². The summed E-state index contributed by atoms with van der Waals surface area (Å²) in [5.41, 5.74) is 0.971. The van der Waals surface area contributed by atoms with Crippen molar-refractivity contribution in [3.05, 3.63) is 58.0 Å². The molecule has 1 aromatic heterocycles. The second kappa shape index (κ2) is 9.30. The Morgan fingerprint density at radius 2 is 1.85 bits per heavy atom. The number of anilines is 1. The van der Waals surface area contributed by atoms with Crippen molar-refractivity contribution in [1.29, 1.82) is 0 Å². The lowest BCUT2D eigenvalue weighted by Gasteiger charge is -2.13. The molecule has 0 aliphatic heterocycles. The van der Waals surface area contributed by atoms with E-state index in [1.165, 1.54) is 11.3 Å². The van der Waals surface area contributed by atoms with Gasteiger partial charge in [0.25, 0.3) is 0 Å². The van der Waals surface area contributed by atoms with E-state index >= 15 is 0 Å². The number of carbonyl (C=O) groups excluding carboxylic acids is 1. The van der Waals surface area contributed by atoms with Crippen molar-refractivity contribution in [2.24, 2.45) is 0 Å². The number of benzene rings is 2. The first-order valence-electron chi connectivity index (χ1n) is 8.27. The summed E-state index contributed by atoms with van der Waals surface area (Å²) in [7, 11) is 1.72. The minimum absolute atomic E-state index is 0.0202. The van der Waals surface area contributed by atoms with E-state index in [-0.39, 0.29) is 5.91 Å². The van der Waals surface area contributed by atoms with Crippen molar-refractivity contribution in [2.75, 3.05) is 18.6 Å². The topological polar surface area (TPSA) is 55.3 Å².